The third kappa shape index (κ3) is 3.21. The highest BCUT2D eigenvalue weighted by Gasteiger charge is 2.28. The number of aromatic nitrogens is 1. The quantitative estimate of drug-likeness (QED) is 0.430. The van der Waals surface area contributed by atoms with E-state index in [0.717, 1.165) is 56.8 Å². The molecule has 2 aliphatic rings. The van der Waals surface area contributed by atoms with Crippen LogP contribution >= 0.6 is 0 Å². The molecule has 34 heavy (non-hydrogen) atoms. The Hall–Kier alpha value is -3.32. The van der Waals surface area contributed by atoms with Crippen LogP contribution in [0.1, 0.15) is 55.2 Å². The van der Waals surface area contributed by atoms with Gasteiger partial charge in [-0.05, 0) is 74.4 Å². The summed E-state index contributed by atoms with van der Waals surface area (Å²) in [7, 11) is 0. The van der Waals surface area contributed by atoms with Crippen molar-refractivity contribution in [3.05, 3.63) is 85.9 Å². The van der Waals surface area contributed by atoms with Crippen LogP contribution in [0.15, 0.2) is 56.5 Å². The maximum absolute atomic E-state index is 14.8. The van der Waals surface area contributed by atoms with Crippen molar-refractivity contribution in [2.45, 2.75) is 43.9 Å². The Labute approximate surface area is 194 Å². The van der Waals surface area contributed by atoms with Gasteiger partial charge in [-0.15, -0.1) is 0 Å². The van der Waals surface area contributed by atoms with Gasteiger partial charge in [0.15, 0.2) is 11.6 Å². The number of nitrogens with zero attached hydrogens (tertiary/aromatic N) is 1. The lowest BCUT2D eigenvalue weighted by Crippen LogP contribution is -2.30. The van der Waals surface area contributed by atoms with Gasteiger partial charge in [-0.1, -0.05) is 24.6 Å². The average molecular weight is 462 g/mol. The van der Waals surface area contributed by atoms with E-state index in [9.17, 15) is 18.4 Å². The van der Waals surface area contributed by atoms with Crippen LogP contribution < -0.4 is 16.3 Å². The number of hydrogen-bond acceptors (Lipinski definition) is 4. The molecule has 3 heterocycles. The molecule has 7 heteroatoms. The summed E-state index contributed by atoms with van der Waals surface area (Å²) in [5.41, 5.74) is 0.948. The van der Waals surface area contributed by atoms with Crippen LogP contribution in [0.5, 0.6) is 0 Å². The fourth-order valence-electron chi connectivity index (χ4n) is 5.36. The summed E-state index contributed by atoms with van der Waals surface area (Å²) in [6.07, 6.45) is 4.54. The van der Waals surface area contributed by atoms with Crippen molar-refractivity contribution >= 4 is 21.9 Å². The minimum Gasteiger partial charge on any atom is -0.455 e. The lowest BCUT2D eigenvalue weighted by molar-refractivity contribution is 0.402. The molecule has 0 radical (unpaired) electrons. The van der Waals surface area contributed by atoms with Crippen LogP contribution in [0.2, 0.25) is 0 Å². The van der Waals surface area contributed by atoms with Gasteiger partial charge in [0.25, 0.3) is 5.56 Å². The van der Waals surface area contributed by atoms with Gasteiger partial charge in [0, 0.05) is 11.8 Å². The van der Waals surface area contributed by atoms with Crippen molar-refractivity contribution in [3.8, 4) is 5.69 Å². The second kappa shape index (κ2) is 8.17. The Kier molecular flexibility index (Phi) is 5.10. The van der Waals surface area contributed by atoms with Crippen molar-refractivity contribution < 1.29 is 13.2 Å². The summed E-state index contributed by atoms with van der Waals surface area (Å²) in [5, 5.41) is 3.55. The molecule has 2 fully saturated rings. The zero-order valence-electron chi connectivity index (χ0n) is 18.6. The molecular formula is C27H24F2N2O3. The summed E-state index contributed by atoms with van der Waals surface area (Å²) >= 11 is 0. The zero-order chi connectivity index (χ0) is 23.4. The monoisotopic (exact) mass is 462 g/mol. The van der Waals surface area contributed by atoms with Gasteiger partial charge in [-0.2, -0.15) is 0 Å². The van der Waals surface area contributed by atoms with Crippen molar-refractivity contribution in [2.24, 2.45) is 0 Å². The molecule has 0 amide bonds. The van der Waals surface area contributed by atoms with Crippen molar-refractivity contribution in [1.29, 1.82) is 0 Å². The number of para-hydroxylation sites is 1. The maximum Gasteiger partial charge on any atom is 0.270 e. The average Bonchev–Trinajstić information content (AvgIpc) is 2.81. The lowest BCUT2D eigenvalue weighted by Gasteiger charge is -2.29. The molecule has 0 atom stereocenters. The van der Waals surface area contributed by atoms with Crippen LogP contribution in [0.25, 0.3) is 27.6 Å². The van der Waals surface area contributed by atoms with Gasteiger partial charge in [0.2, 0.25) is 5.43 Å². The normalized spacial score (nSPS) is 17.4. The number of piperidine rings is 1. The lowest BCUT2D eigenvalue weighted by atomic mass is 9.82. The van der Waals surface area contributed by atoms with E-state index in [2.05, 4.69) is 5.32 Å². The Morgan fingerprint density at radius 3 is 2.44 bits per heavy atom. The van der Waals surface area contributed by atoms with Gasteiger partial charge in [-0.25, -0.2) is 8.78 Å². The standard InChI is InChI=1S/C27H24F2N2O3/c28-19-8-3-9-20(24(19)29)31-21(16-4-1-5-16)14-22-23(27(31)33)25(32)18-7-2-6-17(26(18)34-22)15-10-12-30-13-11-15/h2-3,6-9,14-16,30H,1,4-5,10-13H2. The Morgan fingerprint density at radius 2 is 1.71 bits per heavy atom. The first-order valence-electron chi connectivity index (χ1n) is 11.8. The van der Waals surface area contributed by atoms with Crippen molar-refractivity contribution in [3.63, 3.8) is 0 Å². The summed E-state index contributed by atoms with van der Waals surface area (Å²) < 4.78 is 36.3. The van der Waals surface area contributed by atoms with E-state index in [0.29, 0.717) is 16.7 Å². The molecular weight excluding hydrogens is 438 g/mol. The molecule has 5 nitrogen and oxygen atoms in total. The molecule has 1 saturated carbocycles. The van der Waals surface area contributed by atoms with Gasteiger partial charge < -0.3 is 9.73 Å². The summed E-state index contributed by atoms with van der Waals surface area (Å²) in [5.74, 6) is -1.87. The molecule has 1 N–H and O–H groups in total. The van der Waals surface area contributed by atoms with E-state index in [1.54, 1.807) is 12.1 Å². The third-order valence-electron chi connectivity index (χ3n) is 7.40. The molecule has 6 rings (SSSR count). The Bertz CT molecular complexity index is 1550. The topological polar surface area (TPSA) is 64.2 Å². The number of pyridine rings is 1. The molecule has 0 bridgehead atoms. The van der Waals surface area contributed by atoms with E-state index < -0.39 is 22.6 Å². The summed E-state index contributed by atoms with van der Waals surface area (Å²) in [6.45, 7) is 1.79. The molecule has 0 spiro atoms. The van der Waals surface area contributed by atoms with E-state index in [-0.39, 0.29) is 28.5 Å². The number of halogens is 2. The molecule has 174 valence electrons. The molecule has 4 aromatic rings. The Balaban J connectivity index is 1.68. The van der Waals surface area contributed by atoms with Crippen LogP contribution in [-0.4, -0.2) is 17.7 Å². The highest BCUT2D eigenvalue weighted by atomic mass is 19.2. The number of fused-ring (bicyclic) bond motifs is 2. The van der Waals surface area contributed by atoms with Crippen LogP contribution in [0, 0.1) is 11.6 Å². The van der Waals surface area contributed by atoms with Gasteiger partial charge in [0.1, 0.15) is 16.6 Å². The molecule has 2 aromatic carbocycles. The highest BCUT2D eigenvalue weighted by molar-refractivity contribution is 5.91. The number of hydrogen-bond donors (Lipinski definition) is 1. The molecule has 1 aliphatic heterocycles. The smallest absolute Gasteiger partial charge is 0.270 e. The summed E-state index contributed by atoms with van der Waals surface area (Å²) in [6, 6.07) is 10.9. The minimum absolute atomic E-state index is 0.0143. The number of benzene rings is 2. The summed E-state index contributed by atoms with van der Waals surface area (Å²) in [4.78, 5) is 27.3. The van der Waals surface area contributed by atoms with E-state index >= 15 is 0 Å². The molecule has 2 aromatic heterocycles. The van der Waals surface area contributed by atoms with Gasteiger partial charge in [0.05, 0.1) is 11.1 Å². The van der Waals surface area contributed by atoms with Gasteiger partial charge >= 0.3 is 0 Å². The van der Waals surface area contributed by atoms with Crippen LogP contribution in [0.3, 0.4) is 0 Å². The van der Waals surface area contributed by atoms with Crippen molar-refractivity contribution in [1.82, 2.24) is 9.88 Å². The first-order valence-corrected chi connectivity index (χ1v) is 11.8. The van der Waals surface area contributed by atoms with E-state index in [4.69, 9.17) is 4.42 Å². The fourth-order valence-corrected chi connectivity index (χ4v) is 5.36. The third-order valence-corrected chi connectivity index (χ3v) is 7.40. The highest BCUT2D eigenvalue weighted by Crippen LogP contribution is 2.38. The van der Waals surface area contributed by atoms with Gasteiger partial charge in [-0.3, -0.25) is 14.2 Å². The Morgan fingerprint density at radius 1 is 0.941 bits per heavy atom. The van der Waals surface area contributed by atoms with E-state index in [1.807, 2.05) is 12.1 Å². The molecule has 1 aliphatic carbocycles. The van der Waals surface area contributed by atoms with Crippen LogP contribution in [-0.2, 0) is 0 Å². The fraction of sp³-hybridized carbons (Fsp3) is 0.333. The number of rotatable bonds is 3. The molecule has 0 unspecified atom stereocenters. The first kappa shape index (κ1) is 21.2. The van der Waals surface area contributed by atoms with Crippen molar-refractivity contribution in [2.75, 3.05) is 13.1 Å². The second-order valence-corrected chi connectivity index (χ2v) is 9.33. The predicted octanol–water partition coefficient (Wildman–Crippen LogP) is 5.11. The first-order chi connectivity index (χ1) is 16.5. The largest absolute Gasteiger partial charge is 0.455 e. The SMILES string of the molecule is O=c1c2cccc(C3CCNCC3)c2oc2cc(C3CCC3)n(-c3cccc(F)c3F)c(=O)c12. The van der Waals surface area contributed by atoms with Crippen LogP contribution in [0.4, 0.5) is 8.78 Å². The number of nitrogens with one attached hydrogen (secondary N) is 1. The second-order valence-electron chi connectivity index (χ2n) is 9.33. The zero-order valence-corrected chi connectivity index (χ0v) is 18.6. The maximum atomic E-state index is 14.8. The van der Waals surface area contributed by atoms with E-state index in [1.165, 1.54) is 16.7 Å². The predicted molar refractivity (Wildman–Crippen MR) is 127 cm³/mol. The molecule has 1 saturated heterocycles. The minimum atomic E-state index is -1.11.